The van der Waals surface area contributed by atoms with Crippen molar-refractivity contribution in [3.8, 4) is 5.75 Å². The molecule has 7 nitrogen and oxygen atoms in total. The second kappa shape index (κ2) is 6.83. The van der Waals surface area contributed by atoms with E-state index >= 15 is 0 Å². The van der Waals surface area contributed by atoms with Crippen molar-refractivity contribution in [2.75, 3.05) is 44.8 Å². The minimum Gasteiger partial charge on any atom is -0.497 e. The molecule has 2 aliphatic rings. The number of aryl methyl sites for hydroxylation is 1. The highest BCUT2D eigenvalue weighted by atomic mass is 32.2. The van der Waals surface area contributed by atoms with Crippen LogP contribution < -0.4 is 4.74 Å². The Morgan fingerprint density at radius 2 is 1.96 bits per heavy atom. The van der Waals surface area contributed by atoms with E-state index in [9.17, 15) is 13.2 Å². The number of fused-ring (bicyclic) bond motifs is 1. The number of furan rings is 1. The van der Waals surface area contributed by atoms with Crippen molar-refractivity contribution in [1.29, 1.82) is 0 Å². The zero-order chi connectivity index (χ0) is 19.2. The van der Waals surface area contributed by atoms with Gasteiger partial charge in [-0.15, -0.1) is 0 Å². The van der Waals surface area contributed by atoms with Crippen molar-refractivity contribution in [2.45, 2.75) is 19.4 Å². The van der Waals surface area contributed by atoms with Crippen LogP contribution in [0.2, 0.25) is 0 Å². The predicted molar refractivity (Wildman–Crippen MR) is 102 cm³/mol. The van der Waals surface area contributed by atoms with E-state index in [4.69, 9.17) is 9.15 Å². The number of amides is 1. The van der Waals surface area contributed by atoms with Gasteiger partial charge in [-0.1, -0.05) is 0 Å². The van der Waals surface area contributed by atoms with Crippen LogP contribution in [0.4, 0.5) is 0 Å². The third kappa shape index (κ3) is 3.43. The number of rotatable bonds is 3. The summed E-state index contributed by atoms with van der Waals surface area (Å²) in [6, 6.07) is 5.60. The number of ether oxygens (including phenoxy) is 1. The molecule has 8 heteroatoms. The Labute approximate surface area is 158 Å². The number of carbonyl (C=O) groups excluding carboxylic acids is 1. The number of nitrogens with zero attached hydrogens (tertiary/aromatic N) is 2. The second-order valence-corrected chi connectivity index (χ2v) is 9.53. The molecule has 2 aliphatic heterocycles. The normalized spacial score (nSPS) is 23.0. The van der Waals surface area contributed by atoms with Crippen LogP contribution in [0.1, 0.15) is 22.5 Å². The van der Waals surface area contributed by atoms with E-state index in [1.54, 1.807) is 12.0 Å². The Hall–Kier alpha value is -2.06. The lowest BCUT2D eigenvalue weighted by molar-refractivity contribution is 0.0560. The molecule has 1 aromatic heterocycles. The SMILES string of the molecule is COc1ccc2oc(C(=O)N3CCN(C4CCS(=O)(=O)C4)CC3)c(C)c2c1. The maximum absolute atomic E-state index is 13.0. The number of methoxy groups -OCH3 is 1. The molecule has 0 N–H and O–H groups in total. The molecule has 3 heterocycles. The maximum atomic E-state index is 13.0. The van der Waals surface area contributed by atoms with Crippen LogP contribution in [0.5, 0.6) is 5.75 Å². The molecule has 2 fully saturated rings. The fourth-order valence-electron chi connectivity index (χ4n) is 4.03. The maximum Gasteiger partial charge on any atom is 0.289 e. The fraction of sp³-hybridized carbons (Fsp3) is 0.526. The number of sulfone groups is 1. The number of benzene rings is 1. The third-order valence-electron chi connectivity index (χ3n) is 5.66. The third-order valence-corrected chi connectivity index (χ3v) is 7.41. The largest absolute Gasteiger partial charge is 0.497 e. The van der Waals surface area contributed by atoms with Gasteiger partial charge in [0.2, 0.25) is 0 Å². The average Bonchev–Trinajstić information content (AvgIpc) is 3.20. The molecule has 0 radical (unpaired) electrons. The number of piperazine rings is 1. The van der Waals surface area contributed by atoms with Gasteiger partial charge in [-0.3, -0.25) is 9.69 Å². The first-order chi connectivity index (χ1) is 12.9. The Balaban J connectivity index is 1.47. The first kappa shape index (κ1) is 18.3. The Morgan fingerprint density at radius 3 is 2.59 bits per heavy atom. The highest BCUT2D eigenvalue weighted by Gasteiger charge is 2.35. The molecular formula is C19H24N2O5S. The van der Waals surface area contributed by atoms with Crippen molar-refractivity contribution in [3.05, 3.63) is 29.5 Å². The van der Waals surface area contributed by atoms with E-state index in [1.807, 2.05) is 25.1 Å². The summed E-state index contributed by atoms with van der Waals surface area (Å²) in [5.74, 6) is 1.51. The van der Waals surface area contributed by atoms with Crippen molar-refractivity contribution in [2.24, 2.45) is 0 Å². The van der Waals surface area contributed by atoms with E-state index in [0.29, 0.717) is 43.9 Å². The zero-order valence-electron chi connectivity index (χ0n) is 15.6. The van der Waals surface area contributed by atoms with Crippen molar-refractivity contribution >= 4 is 26.7 Å². The van der Waals surface area contributed by atoms with Crippen molar-refractivity contribution in [3.63, 3.8) is 0 Å². The molecular weight excluding hydrogens is 368 g/mol. The van der Waals surface area contributed by atoms with Crippen LogP contribution in [0, 0.1) is 6.92 Å². The van der Waals surface area contributed by atoms with Gasteiger partial charge < -0.3 is 14.1 Å². The lowest BCUT2D eigenvalue weighted by Gasteiger charge is -2.37. The Kier molecular flexibility index (Phi) is 4.63. The molecule has 0 saturated carbocycles. The summed E-state index contributed by atoms with van der Waals surface area (Å²) in [5.41, 5.74) is 1.49. The second-order valence-electron chi connectivity index (χ2n) is 7.30. The topological polar surface area (TPSA) is 80.1 Å². The fourth-order valence-corrected chi connectivity index (χ4v) is 5.79. The summed E-state index contributed by atoms with van der Waals surface area (Å²) in [5, 5.41) is 0.882. The van der Waals surface area contributed by atoms with Gasteiger partial charge in [-0.05, 0) is 31.5 Å². The molecule has 4 rings (SSSR count). The number of carbonyl (C=O) groups is 1. The Bertz CT molecular complexity index is 973. The molecule has 0 bridgehead atoms. The first-order valence-corrected chi connectivity index (χ1v) is 11.0. The van der Waals surface area contributed by atoms with E-state index < -0.39 is 9.84 Å². The average molecular weight is 392 g/mol. The van der Waals surface area contributed by atoms with Gasteiger partial charge in [-0.25, -0.2) is 8.42 Å². The first-order valence-electron chi connectivity index (χ1n) is 9.19. The van der Waals surface area contributed by atoms with Crippen molar-refractivity contribution in [1.82, 2.24) is 9.80 Å². The Morgan fingerprint density at radius 1 is 1.22 bits per heavy atom. The zero-order valence-corrected chi connectivity index (χ0v) is 16.4. The van der Waals surface area contributed by atoms with Gasteiger partial charge in [-0.2, -0.15) is 0 Å². The smallest absolute Gasteiger partial charge is 0.289 e. The summed E-state index contributed by atoms with van der Waals surface area (Å²) in [7, 11) is -1.28. The molecule has 146 valence electrons. The summed E-state index contributed by atoms with van der Waals surface area (Å²) >= 11 is 0. The molecule has 27 heavy (non-hydrogen) atoms. The van der Waals surface area contributed by atoms with Gasteiger partial charge >= 0.3 is 0 Å². The van der Waals surface area contributed by atoms with Crippen LogP contribution in [-0.2, 0) is 9.84 Å². The van der Waals surface area contributed by atoms with E-state index in [-0.39, 0.29) is 23.5 Å². The molecule has 0 spiro atoms. The van der Waals surface area contributed by atoms with Crippen LogP contribution >= 0.6 is 0 Å². The van der Waals surface area contributed by atoms with Gasteiger partial charge in [0.05, 0.1) is 18.6 Å². The molecule has 1 atom stereocenters. The molecule has 1 unspecified atom stereocenters. The lowest BCUT2D eigenvalue weighted by Crippen LogP contribution is -2.52. The summed E-state index contributed by atoms with van der Waals surface area (Å²) in [6.45, 7) is 4.43. The number of hydrogen-bond donors (Lipinski definition) is 0. The van der Waals surface area contributed by atoms with E-state index in [0.717, 1.165) is 16.7 Å². The molecule has 1 amide bonds. The van der Waals surface area contributed by atoms with Gasteiger partial charge in [0.15, 0.2) is 15.6 Å². The highest BCUT2D eigenvalue weighted by Crippen LogP contribution is 2.30. The van der Waals surface area contributed by atoms with Crippen LogP contribution in [0.15, 0.2) is 22.6 Å². The monoisotopic (exact) mass is 392 g/mol. The minimum absolute atomic E-state index is 0.0904. The highest BCUT2D eigenvalue weighted by molar-refractivity contribution is 7.91. The van der Waals surface area contributed by atoms with Crippen LogP contribution in [0.3, 0.4) is 0 Å². The van der Waals surface area contributed by atoms with E-state index in [1.165, 1.54) is 0 Å². The molecule has 2 saturated heterocycles. The van der Waals surface area contributed by atoms with E-state index in [2.05, 4.69) is 4.90 Å². The molecule has 2 aromatic rings. The lowest BCUT2D eigenvalue weighted by atomic mass is 10.1. The quantitative estimate of drug-likeness (QED) is 0.791. The minimum atomic E-state index is -2.89. The summed E-state index contributed by atoms with van der Waals surface area (Å²) in [4.78, 5) is 17.0. The van der Waals surface area contributed by atoms with Crippen LogP contribution in [-0.4, -0.2) is 75.0 Å². The number of hydrogen-bond acceptors (Lipinski definition) is 6. The summed E-state index contributed by atoms with van der Waals surface area (Å²) in [6.07, 6.45) is 0.695. The standard InChI is InChI=1S/C19H24N2O5S/c1-13-16-11-15(25-2)3-4-17(16)26-18(13)19(22)21-8-6-20(7-9-21)14-5-10-27(23,24)12-14/h3-4,11,14H,5-10,12H2,1-2H3. The molecule has 1 aromatic carbocycles. The van der Waals surface area contributed by atoms with Gasteiger partial charge in [0.25, 0.3) is 5.91 Å². The molecule has 0 aliphatic carbocycles. The predicted octanol–water partition coefficient (Wildman–Crippen LogP) is 1.69. The van der Waals surface area contributed by atoms with Crippen LogP contribution in [0.25, 0.3) is 11.0 Å². The van der Waals surface area contributed by atoms with Gasteiger partial charge in [0, 0.05) is 43.2 Å². The van der Waals surface area contributed by atoms with Crippen molar-refractivity contribution < 1.29 is 22.4 Å². The summed E-state index contributed by atoms with van der Waals surface area (Å²) < 4.78 is 34.5. The van der Waals surface area contributed by atoms with Gasteiger partial charge in [0.1, 0.15) is 11.3 Å².